The Morgan fingerprint density at radius 1 is 1.45 bits per heavy atom. The maximum atomic E-state index is 11.1. The van der Waals surface area contributed by atoms with Gasteiger partial charge >= 0.3 is 0 Å². The van der Waals surface area contributed by atoms with E-state index in [1.165, 1.54) is 0 Å². The van der Waals surface area contributed by atoms with Crippen LogP contribution in [0.15, 0.2) is 0 Å². The van der Waals surface area contributed by atoms with Crippen LogP contribution >= 0.6 is 0 Å². The smallest absolute Gasteiger partial charge is 0.223 e. The van der Waals surface area contributed by atoms with Gasteiger partial charge in [0.1, 0.15) is 6.29 Å². The summed E-state index contributed by atoms with van der Waals surface area (Å²) in [4.78, 5) is 21.8. The van der Waals surface area contributed by atoms with Crippen LogP contribution in [-0.2, 0) is 9.59 Å². The summed E-state index contributed by atoms with van der Waals surface area (Å²) in [5, 5.41) is 2.77. The van der Waals surface area contributed by atoms with Crippen molar-refractivity contribution in [2.45, 2.75) is 31.2 Å². The summed E-state index contributed by atoms with van der Waals surface area (Å²) in [6, 6.07) is 0. The Bertz CT molecular complexity index is 204. The van der Waals surface area contributed by atoms with Gasteiger partial charge in [-0.1, -0.05) is 0 Å². The van der Waals surface area contributed by atoms with E-state index in [2.05, 4.69) is 5.32 Å². The molecule has 1 N–H and O–H groups in total. The van der Waals surface area contributed by atoms with E-state index in [1.807, 2.05) is 0 Å². The van der Waals surface area contributed by atoms with E-state index >= 15 is 0 Å². The molecule has 11 heavy (non-hydrogen) atoms. The molecule has 0 aromatic heterocycles. The lowest BCUT2D eigenvalue weighted by atomic mass is 9.72. The van der Waals surface area contributed by atoms with Gasteiger partial charge in [-0.2, -0.15) is 0 Å². The molecule has 3 heteroatoms. The Kier molecular flexibility index (Phi) is 1.28. The maximum absolute atomic E-state index is 11.1. The Balaban J connectivity index is 2.25. The molecule has 2 bridgehead atoms. The van der Waals surface area contributed by atoms with Crippen molar-refractivity contribution < 1.29 is 9.59 Å². The van der Waals surface area contributed by atoms with Crippen molar-refractivity contribution in [2.75, 3.05) is 0 Å². The molecule has 1 saturated carbocycles. The first-order chi connectivity index (χ1) is 5.26. The van der Waals surface area contributed by atoms with Crippen LogP contribution in [0.3, 0.4) is 0 Å². The second kappa shape index (κ2) is 2.06. The zero-order valence-corrected chi connectivity index (χ0v) is 6.30. The van der Waals surface area contributed by atoms with Gasteiger partial charge in [0.15, 0.2) is 0 Å². The first kappa shape index (κ1) is 6.83. The SMILES string of the molecule is O=CC12CCC(CC1)C(=O)N2. The lowest BCUT2D eigenvalue weighted by Gasteiger charge is -2.42. The molecule has 2 heterocycles. The molecule has 2 saturated heterocycles. The molecular formula is C8H11NO2. The van der Waals surface area contributed by atoms with Crippen LogP contribution in [0.2, 0.25) is 0 Å². The van der Waals surface area contributed by atoms with Gasteiger partial charge in [-0.25, -0.2) is 0 Å². The van der Waals surface area contributed by atoms with E-state index < -0.39 is 5.54 Å². The Hall–Kier alpha value is -0.860. The highest BCUT2D eigenvalue weighted by Gasteiger charge is 2.44. The molecular weight excluding hydrogens is 142 g/mol. The molecule has 3 aliphatic rings. The van der Waals surface area contributed by atoms with Crippen molar-refractivity contribution in [3.8, 4) is 0 Å². The fourth-order valence-electron chi connectivity index (χ4n) is 2.01. The van der Waals surface area contributed by atoms with Crippen LogP contribution in [0.1, 0.15) is 25.7 Å². The number of hydrogen-bond acceptors (Lipinski definition) is 2. The number of aldehydes is 1. The summed E-state index contributed by atoms with van der Waals surface area (Å²) in [7, 11) is 0. The molecule has 0 spiro atoms. The van der Waals surface area contributed by atoms with Gasteiger partial charge < -0.3 is 10.1 Å². The molecule has 0 radical (unpaired) electrons. The fourth-order valence-corrected chi connectivity index (χ4v) is 2.01. The summed E-state index contributed by atoms with van der Waals surface area (Å²) in [5.74, 6) is 0.270. The van der Waals surface area contributed by atoms with Gasteiger partial charge in [0.25, 0.3) is 0 Å². The lowest BCUT2D eigenvalue weighted by Crippen LogP contribution is -2.59. The zero-order valence-electron chi connectivity index (χ0n) is 6.30. The van der Waals surface area contributed by atoms with Crippen molar-refractivity contribution in [2.24, 2.45) is 5.92 Å². The summed E-state index contributed by atoms with van der Waals surface area (Å²) in [5.41, 5.74) is -0.480. The normalized spacial score (nSPS) is 41.8. The van der Waals surface area contributed by atoms with Gasteiger partial charge in [-0.05, 0) is 25.7 Å². The predicted molar refractivity (Wildman–Crippen MR) is 38.9 cm³/mol. The Morgan fingerprint density at radius 2 is 2.09 bits per heavy atom. The standard InChI is InChI=1S/C8H11NO2/c10-5-8-3-1-6(2-4-8)7(11)9-8/h5-6H,1-4H2,(H,9,11). The Morgan fingerprint density at radius 3 is 2.45 bits per heavy atom. The number of piperidine rings is 2. The number of fused-ring (bicyclic) bond motifs is 3. The highest BCUT2D eigenvalue weighted by molar-refractivity contribution is 5.86. The van der Waals surface area contributed by atoms with Crippen molar-refractivity contribution in [3.05, 3.63) is 0 Å². The minimum absolute atomic E-state index is 0.0783. The topological polar surface area (TPSA) is 46.2 Å². The van der Waals surface area contributed by atoms with Crippen LogP contribution in [0.5, 0.6) is 0 Å². The second-order valence-corrected chi connectivity index (χ2v) is 3.54. The van der Waals surface area contributed by atoms with E-state index in [4.69, 9.17) is 0 Å². The summed E-state index contributed by atoms with van der Waals surface area (Å²) in [6.07, 6.45) is 4.37. The fraction of sp³-hybridized carbons (Fsp3) is 0.750. The highest BCUT2D eigenvalue weighted by Crippen LogP contribution is 2.35. The number of hydrogen-bond donors (Lipinski definition) is 1. The third-order valence-electron chi connectivity index (χ3n) is 2.85. The van der Waals surface area contributed by atoms with Crippen LogP contribution in [0.25, 0.3) is 0 Å². The quantitative estimate of drug-likeness (QED) is 0.549. The van der Waals surface area contributed by atoms with Crippen LogP contribution in [0, 0.1) is 5.92 Å². The number of amides is 1. The molecule has 60 valence electrons. The van der Waals surface area contributed by atoms with Crippen LogP contribution in [0.4, 0.5) is 0 Å². The van der Waals surface area contributed by atoms with Gasteiger partial charge in [-0.3, -0.25) is 4.79 Å². The van der Waals surface area contributed by atoms with Crippen molar-refractivity contribution in [1.82, 2.24) is 5.32 Å². The van der Waals surface area contributed by atoms with Crippen molar-refractivity contribution >= 4 is 12.2 Å². The maximum Gasteiger partial charge on any atom is 0.223 e. The second-order valence-electron chi connectivity index (χ2n) is 3.54. The molecule has 0 aromatic carbocycles. The minimum atomic E-state index is -0.480. The van der Waals surface area contributed by atoms with Crippen LogP contribution < -0.4 is 5.32 Å². The third-order valence-corrected chi connectivity index (χ3v) is 2.85. The number of carbonyl (C=O) groups is 2. The average Bonchev–Trinajstić information content (AvgIpc) is 2.06. The molecule has 3 rings (SSSR count). The van der Waals surface area contributed by atoms with Gasteiger partial charge in [0, 0.05) is 5.92 Å². The largest absolute Gasteiger partial charge is 0.344 e. The van der Waals surface area contributed by atoms with E-state index in [9.17, 15) is 9.59 Å². The zero-order chi connectivity index (χ0) is 7.90. The molecule has 0 atom stereocenters. The minimum Gasteiger partial charge on any atom is -0.344 e. The van der Waals surface area contributed by atoms with E-state index in [0.717, 1.165) is 32.0 Å². The van der Waals surface area contributed by atoms with E-state index in [0.29, 0.717) is 0 Å². The first-order valence-corrected chi connectivity index (χ1v) is 4.04. The van der Waals surface area contributed by atoms with Crippen molar-refractivity contribution in [1.29, 1.82) is 0 Å². The molecule has 0 aromatic rings. The van der Waals surface area contributed by atoms with Crippen molar-refractivity contribution in [3.63, 3.8) is 0 Å². The molecule has 1 aliphatic carbocycles. The number of carbonyl (C=O) groups excluding carboxylic acids is 2. The monoisotopic (exact) mass is 153 g/mol. The highest BCUT2D eigenvalue weighted by atomic mass is 16.2. The summed E-state index contributed by atoms with van der Waals surface area (Å²) >= 11 is 0. The van der Waals surface area contributed by atoms with E-state index in [-0.39, 0.29) is 11.8 Å². The number of nitrogens with one attached hydrogen (secondary N) is 1. The number of rotatable bonds is 1. The average molecular weight is 153 g/mol. The van der Waals surface area contributed by atoms with Gasteiger partial charge in [0.05, 0.1) is 5.54 Å². The van der Waals surface area contributed by atoms with Crippen LogP contribution in [-0.4, -0.2) is 17.7 Å². The molecule has 3 fully saturated rings. The molecule has 3 nitrogen and oxygen atoms in total. The molecule has 0 unspecified atom stereocenters. The lowest BCUT2D eigenvalue weighted by molar-refractivity contribution is -0.138. The summed E-state index contributed by atoms with van der Waals surface area (Å²) < 4.78 is 0. The predicted octanol–water partition coefficient (Wildman–Crippen LogP) is 0.244. The summed E-state index contributed by atoms with van der Waals surface area (Å²) in [6.45, 7) is 0. The van der Waals surface area contributed by atoms with E-state index in [1.54, 1.807) is 0 Å². The van der Waals surface area contributed by atoms with Gasteiger partial charge in [0.2, 0.25) is 5.91 Å². The Labute approximate surface area is 65.2 Å². The third kappa shape index (κ3) is 0.870. The molecule has 1 amide bonds. The molecule has 2 aliphatic heterocycles. The first-order valence-electron chi connectivity index (χ1n) is 4.04. The van der Waals surface area contributed by atoms with Gasteiger partial charge in [-0.15, -0.1) is 0 Å².